The van der Waals surface area contributed by atoms with Crippen LogP contribution in [0.1, 0.15) is 44.1 Å². The minimum Gasteiger partial charge on any atom is -0.309 e. The summed E-state index contributed by atoms with van der Waals surface area (Å²) in [6.45, 7) is 7.60. The Morgan fingerprint density at radius 2 is 2.38 bits per heavy atom. The summed E-state index contributed by atoms with van der Waals surface area (Å²) in [6, 6.07) is 0.371. The number of fused-ring (bicyclic) bond motifs is 1. The number of hydrogen-bond donors (Lipinski definition) is 1. The maximum absolute atomic E-state index is 4.56. The van der Waals surface area contributed by atoms with E-state index in [4.69, 9.17) is 0 Å². The Labute approximate surface area is 101 Å². The second kappa shape index (κ2) is 4.97. The number of aromatic nitrogens is 2. The third-order valence-electron chi connectivity index (χ3n) is 2.87. The Balaban J connectivity index is 2.17. The Morgan fingerprint density at radius 1 is 1.56 bits per heavy atom. The lowest BCUT2D eigenvalue weighted by Crippen LogP contribution is -2.21. The largest absolute Gasteiger partial charge is 0.309 e. The van der Waals surface area contributed by atoms with Crippen molar-refractivity contribution in [2.24, 2.45) is 0 Å². The van der Waals surface area contributed by atoms with Crippen molar-refractivity contribution in [3.8, 4) is 0 Å². The maximum Gasteiger partial charge on any atom is 0.194 e. The lowest BCUT2D eigenvalue weighted by molar-refractivity contribution is 0.539. The van der Waals surface area contributed by atoms with E-state index < -0.39 is 0 Å². The molecule has 1 N–H and O–H groups in total. The molecule has 0 aliphatic heterocycles. The highest BCUT2D eigenvalue weighted by Crippen LogP contribution is 2.22. The van der Waals surface area contributed by atoms with E-state index in [0.29, 0.717) is 6.04 Å². The summed E-state index contributed by atoms with van der Waals surface area (Å²) in [5, 5.41) is 5.64. The molecular formula is C12H19N3S. The fourth-order valence-corrected chi connectivity index (χ4v) is 2.79. The molecule has 88 valence electrons. The highest BCUT2D eigenvalue weighted by atomic mass is 32.1. The van der Waals surface area contributed by atoms with Crippen LogP contribution in [0.2, 0.25) is 0 Å². The van der Waals surface area contributed by atoms with Crippen molar-refractivity contribution >= 4 is 16.3 Å². The predicted molar refractivity (Wildman–Crippen MR) is 69.1 cm³/mol. The van der Waals surface area contributed by atoms with Gasteiger partial charge in [0, 0.05) is 17.6 Å². The highest BCUT2D eigenvalue weighted by Gasteiger charge is 2.15. The van der Waals surface area contributed by atoms with Crippen LogP contribution in [0.25, 0.3) is 4.96 Å². The lowest BCUT2D eigenvalue weighted by Gasteiger charge is -2.13. The quantitative estimate of drug-likeness (QED) is 0.809. The van der Waals surface area contributed by atoms with Crippen LogP contribution in [-0.2, 0) is 0 Å². The third kappa shape index (κ3) is 2.13. The van der Waals surface area contributed by atoms with Gasteiger partial charge in [0.1, 0.15) is 0 Å². The van der Waals surface area contributed by atoms with E-state index in [1.807, 2.05) is 0 Å². The summed E-state index contributed by atoms with van der Waals surface area (Å²) in [5.41, 5.74) is 2.44. The zero-order chi connectivity index (χ0) is 11.5. The van der Waals surface area contributed by atoms with Crippen LogP contribution in [0.15, 0.2) is 11.6 Å². The second-order valence-corrected chi connectivity index (χ2v) is 5.04. The number of hydrogen-bond acceptors (Lipinski definition) is 3. The molecule has 3 nitrogen and oxygen atoms in total. The fourth-order valence-electron chi connectivity index (χ4n) is 2.03. The number of aryl methyl sites for hydroxylation is 1. The summed E-state index contributed by atoms with van der Waals surface area (Å²) in [7, 11) is 0. The predicted octanol–water partition coefficient (Wildman–Crippen LogP) is 3.15. The van der Waals surface area contributed by atoms with Crippen LogP contribution in [0, 0.1) is 6.92 Å². The molecular weight excluding hydrogens is 218 g/mol. The van der Waals surface area contributed by atoms with Gasteiger partial charge < -0.3 is 5.32 Å². The van der Waals surface area contributed by atoms with Crippen LogP contribution in [0.5, 0.6) is 0 Å². The average molecular weight is 237 g/mol. The Kier molecular flexibility index (Phi) is 3.61. The Bertz CT molecular complexity index is 458. The third-order valence-corrected chi connectivity index (χ3v) is 3.63. The van der Waals surface area contributed by atoms with E-state index in [9.17, 15) is 0 Å². The van der Waals surface area contributed by atoms with Crippen molar-refractivity contribution in [2.45, 2.75) is 39.7 Å². The number of nitrogens with zero attached hydrogens (tertiary/aromatic N) is 2. The van der Waals surface area contributed by atoms with E-state index in [2.05, 4.69) is 47.0 Å². The molecule has 1 atom stereocenters. The zero-order valence-corrected chi connectivity index (χ0v) is 11.0. The van der Waals surface area contributed by atoms with Gasteiger partial charge in [-0.05, 0) is 26.8 Å². The normalized spacial score (nSPS) is 13.4. The minimum absolute atomic E-state index is 0.371. The van der Waals surface area contributed by atoms with Crippen LogP contribution in [0.4, 0.5) is 0 Å². The molecule has 0 spiro atoms. The molecule has 0 aromatic carbocycles. The van der Waals surface area contributed by atoms with E-state index in [1.165, 1.54) is 18.5 Å². The molecule has 0 amide bonds. The Morgan fingerprint density at radius 3 is 3.12 bits per heavy atom. The van der Waals surface area contributed by atoms with Gasteiger partial charge in [-0.3, -0.25) is 4.40 Å². The molecule has 0 aliphatic carbocycles. The monoisotopic (exact) mass is 237 g/mol. The van der Waals surface area contributed by atoms with Crippen molar-refractivity contribution in [1.29, 1.82) is 0 Å². The average Bonchev–Trinajstić information content (AvgIpc) is 2.77. The summed E-state index contributed by atoms with van der Waals surface area (Å²) >= 11 is 1.69. The van der Waals surface area contributed by atoms with Gasteiger partial charge in [-0.1, -0.05) is 13.3 Å². The van der Waals surface area contributed by atoms with E-state index in [1.54, 1.807) is 11.3 Å². The summed E-state index contributed by atoms with van der Waals surface area (Å²) in [4.78, 5) is 5.66. The zero-order valence-electron chi connectivity index (χ0n) is 10.2. The summed E-state index contributed by atoms with van der Waals surface area (Å²) in [6.07, 6.45) is 4.57. The first-order valence-electron chi connectivity index (χ1n) is 5.89. The Hall–Kier alpha value is -0.870. The topological polar surface area (TPSA) is 29.3 Å². The standard InChI is InChI=1S/C12H19N3S/c1-4-5-6-13-9(2)11-10(3)14-12-15(11)7-8-16-12/h7-9,13H,4-6H2,1-3H3. The van der Waals surface area contributed by atoms with Crippen LogP contribution < -0.4 is 5.32 Å². The van der Waals surface area contributed by atoms with E-state index in [-0.39, 0.29) is 0 Å². The minimum atomic E-state index is 0.371. The highest BCUT2D eigenvalue weighted by molar-refractivity contribution is 7.15. The van der Waals surface area contributed by atoms with Gasteiger partial charge in [-0.25, -0.2) is 4.98 Å². The van der Waals surface area contributed by atoms with Gasteiger partial charge in [-0.15, -0.1) is 11.3 Å². The van der Waals surface area contributed by atoms with Gasteiger partial charge in [0.2, 0.25) is 0 Å². The maximum atomic E-state index is 4.56. The van der Waals surface area contributed by atoms with E-state index >= 15 is 0 Å². The number of rotatable bonds is 5. The van der Waals surface area contributed by atoms with Gasteiger partial charge in [0.15, 0.2) is 4.96 Å². The lowest BCUT2D eigenvalue weighted by atomic mass is 10.2. The fraction of sp³-hybridized carbons (Fsp3) is 0.583. The van der Waals surface area contributed by atoms with Crippen molar-refractivity contribution in [2.75, 3.05) is 6.54 Å². The number of thiazole rings is 1. The molecule has 0 radical (unpaired) electrons. The molecule has 2 aromatic heterocycles. The molecule has 2 aromatic rings. The summed E-state index contributed by atoms with van der Waals surface area (Å²) in [5.74, 6) is 0. The molecule has 0 saturated heterocycles. The molecule has 2 heterocycles. The van der Waals surface area contributed by atoms with Crippen LogP contribution >= 0.6 is 11.3 Å². The molecule has 0 fully saturated rings. The molecule has 2 rings (SSSR count). The van der Waals surface area contributed by atoms with E-state index in [0.717, 1.165) is 17.2 Å². The molecule has 0 bridgehead atoms. The smallest absolute Gasteiger partial charge is 0.194 e. The van der Waals surface area contributed by atoms with Crippen molar-refractivity contribution in [1.82, 2.24) is 14.7 Å². The first-order chi connectivity index (χ1) is 7.74. The first-order valence-corrected chi connectivity index (χ1v) is 6.77. The SMILES string of the molecule is CCCCNC(C)c1c(C)nc2sccn12. The molecule has 0 aliphatic rings. The van der Waals surface area contributed by atoms with Gasteiger partial charge in [0.25, 0.3) is 0 Å². The van der Waals surface area contributed by atoms with Gasteiger partial charge in [-0.2, -0.15) is 0 Å². The molecule has 4 heteroatoms. The van der Waals surface area contributed by atoms with Crippen LogP contribution in [0.3, 0.4) is 0 Å². The van der Waals surface area contributed by atoms with Crippen molar-refractivity contribution < 1.29 is 0 Å². The van der Waals surface area contributed by atoms with Gasteiger partial charge >= 0.3 is 0 Å². The second-order valence-electron chi connectivity index (χ2n) is 4.17. The first kappa shape index (κ1) is 11.6. The van der Waals surface area contributed by atoms with Gasteiger partial charge in [0.05, 0.1) is 11.4 Å². The number of nitrogens with one attached hydrogen (secondary N) is 1. The molecule has 0 saturated carbocycles. The number of unbranched alkanes of at least 4 members (excludes halogenated alkanes) is 1. The molecule has 1 unspecified atom stereocenters. The van der Waals surface area contributed by atoms with Crippen LogP contribution in [-0.4, -0.2) is 15.9 Å². The number of imidazole rings is 1. The molecule has 16 heavy (non-hydrogen) atoms. The van der Waals surface area contributed by atoms with Crippen molar-refractivity contribution in [3.63, 3.8) is 0 Å². The van der Waals surface area contributed by atoms with Crippen molar-refractivity contribution in [3.05, 3.63) is 23.0 Å². The summed E-state index contributed by atoms with van der Waals surface area (Å²) < 4.78 is 2.20.